The van der Waals surface area contributed by atoms with Gasteiger partial charge >= 0.3 is 6.09 Å². The first-order chi connectivity index (χ1) is 10.7. The molecular formula is C15H17N3O5. The van der Waals surface area contributed by atoms with E-state index in [4.69, 9.17) is 9.84 Å². The lowest BCUT2D eigenvalue weighted by Gasteiger charge is -2.18. The van der Waals surface area contributed by atoms with E-state index < -0.39 is 23.6 Å². The fourth-order valence-electron chi connectivity index (χ4n) is 1.97. The van der Waals surface area contributed by atoms with Crippen molar-refractivity contribution in [2.45, 2.75) is 25.5 Å². The Labute approximate surface area is 133 Å². The van der Waals surface area contributed by atoms with Crippen LogP contribution in [0.2, 0.25) is 0 Å². The van der Waals surface area contributed by atoms with E-state index in [0.717, 1.165) is 0 Å². The minimum atomic E-state index is -1.32. The fourth-order valence-corrected chi connectivity index (χ4v) is 1.97. The van der Waals surface area contributed by atoms with E-state index in [1.165, 1.54) is 18.1 Å². The number of nitrogens with one attached hydrogen (secondary N) is 1. The lowest BCUT2D eigenvalue weighted by molar-refractivity contribution is -0.120. The van der Waals surface area contributed by atoms with Crippen LogP contribution in [-0.4, -0.2) is 52.5 Å². The van der Waals surface area contributed by atoms with Crippen molar-refractivity contribution in [3.8, 4) is 17.6 Å². The summed E-state index contributed by atoms with van der Waals surface area (Å²) in [5, 5.41) is 20.6. The predicted molar refractivity (Wildman–Crippen MR) is 81.3 cm³/mol. The van der Waals surface area contributed by atoms with E-state index in [2.05, 4.69) is 22.1 Å². The molecule has 23 heavy (non-hydrogen) atoms. The van der Waals surface area contributed by atoms with Gasteiger partial charge in [-0.3, -0.25) is 9.69 Å². The number of amides is 2. The molecule has 0 bridgehead atoms. The predicted octanol–water partition coefficient (Wildman–Crippen LogP) is 0.195. The average molecular weight is 319 g/mol. The highest BCUT2D eigenvalue weighted by Crippen LogP contribution is 2.31. The molecule has 8 nitrogen and oxygen atoms in total. The van der Waals surface area contributed by atoms with Gasteiger partial charge in [0.25, 0.3) is 5.91 Å². The number of carbonyl (C=O) groups is 2. The first kappa shape index (κ1) is 16.6. The highest BCUT2D eigenvalue weighted by atomic mass is 16.5. The molecule has 3 N–H and O–H groups in total. The number of carbonyl (C=O) groups excluding carboxylic acids is 1. The van der Waals surface area contributed by atoms with Crippen molar-refractivity contribution in [1.29, 1.82) is 0 Å². The molecule has 0 fully saturated rings. The molecule has 0 radical (unpaired) electrons. The molecule has 2 rings (SSSR count). The molecule has 0 saturated heterocycles. The Morgan fingerprint density at radius 1 is 1.57 bits per heavy atom. The van der Waals surface area contributed by atoms with E-state index in [0.29, 0.717) is 5.56 Å². The van der Waals surface area contributed by atoms with Gasteiger partial charge in [-0.05, 0) is 19.9 Å². The summed E-state index contributed by atoms with van der Waals surface area (Å²) >= 11 is 0. The molecule has 0 aliphatic carbocycles. The summed E-state index contributed by atoms with van der Waals surface area (Å²) in [6.45, 7) is 2.91. The molecule has 1 aromatic heterocycles. The summed E-state index contributed by atoms with van der Waals surface area (Å²) in [5.41, 5.74) is -0.733. The van der Waals surface area contributed by atoms with Crippen molar-refractivity contribution in [1.82, 2.24) is 10.3 Å². The second-order valence-electron chi connectivity index (χ2n) is 5.53. The molecule has 1 aromatic rings. The van der Waals surface area contributed by atoms with Crippen LogP contribution in [0, 0.1) is 11.8 Å². The summed E-state index contributed by atoms with van der Waals surface area (Å²) in [7, 11) is 1.48. The molecule has 0 spiro atoms. The van der Waals surface area contributed by atoms with Crippen molar-refractivity contribution in [3.05, 3.63) is 17.8 Å². The third-order valence-electron chi connectivity index (χ3n) is 3.03. The van der Waals surface area contributed by atoms with Crippen LogP contribution in [0.15, 0.2) is 12.3 Å². The zero-order chi connectivity index (χ0) is 17.2. The second kappa shape index (κ2) is 6.14. The molecule has 2 heterocycles. The van der Waals surface area contributed by atoms with Gasteiger partial charge in [0.2, 0.25) is 0 Å². The van der Waals surface area contributed by atoms with Crippen molar-refractivity contribution in [3.63, 3.8) is 0 Å². The van der Waals surface area contributed by atoms with Gasteiger partial charge in [-0.1, -0.05) is 11.8 Å². The van der Waals surface area contributed by atoms with Gasteiger partial charge in [0.15, 0.2) is 11.6 Å². The molecule has 122 valence electrons. The maximum Gasteiger partial charge on any atom is 0.405 e. The normalized spacial score (nSPS) is 17.3. The molecule has 0 aromatic carbocycles. The van der Waals surface area contributed by atoms with Gasteiger partial charge in [-0.2, -0.15) is 0 Å². The van der Waals surface area contributed by atoms with Crippen LogP contribution in [0.3, 0.4) is 0 Å². The molecule has 1 aliphatic rings. The first-order valence-corrected chi connectivity index (χ1v) is 6.83. The Kier molecular flexibility index (Phi) is 4.43. The maximum atomic E-state index is 12.3. The number of nitrogens with zero attached hydrogens (tertiary/aromatic N) is 2. The number of aliphatic hydroxyl groups is 1. The van der Waals surface area contributed by atoms with Crippen LogP contribution in [0.4, 0.5) is 10.6 Å². The van der Waals surface area contributed by atoms with E-state index >= 15 is 0 Å². The van der Waals surface area contributed by atoms with Crippen molar-refractivity contribution in [2.75, 3.05) is 18.6 Å². The molecule has 8 heteroatoms. The highest BCUT2D eigenvalue weighted by Gasteiger charge is 2.32. The molecular weight excluding hydrogens is 302 g/mol. The van der Waals surface area contributed by atoms with Crippen molar-refractivity contribution < 1.29 is 24.5 Å². The number of hydrogen-bond acceptors (Lipinski definition) is 5. The smallest absolute Gasteiger partial charge is 0.405 e. The lowest BCUT2D eigenvalue weighted by Crippen LogP contribution is -2.49. The quantitative estimate of drug-likeness (QED) is 0.637. The largest absolute Gasteiger partial charge is 0.486 e. The Morgan fingerprint density at radius 2 is 2.26 bits per heavy atom. The SMILES string of the molecule is CN1C(=O)C(NC(=O)O)COc2c(C#CC(C)(C)O)ccnc21. The third kappa shape index (κ3) is 3.90. The topological polar surface area (TPSA) is 112 Å². The van der Waals surface area contributed by atoms with E-state index in [9.17, 15) is 14.7 Å². The van der Waals surface area contributed by atoms with Crippen molar-refractivity contribution >= 4 is 17.8 Å². The van der Waals surface area contributed by atoms with Crippen molar-refractivity contribution in [2.24, 2.45) is 0 Å². The molecule has 2 amide bonds. The third-order valence-corrected chi connectivity index (χ3v) is 3.03. The Hall–Kier alpha value is -2.79. The van der Waals surface area contributed by atoms with E-state index in [-0.39, 0.29) is 18.2 Å². The minimum Gasteiger partial charge on any atom is -0.486 e. The van der Waals surface area contributed by atoms with Gasteiger partial charge < -0.3 is 20.3 Å². The number of fused-ring (bicyclic) bond motifs is 1. The molecule has 1 aliphatic heterocycles. The number of likely N-dealkylation sites (N-methyl/N-ethyl adjacent to an activating group) is 1. The number of anilines is 1. The van der Waals surface area contributed by atoms with Crippen LogP contribution in [0.1, 0.15) is 19.4 Å². The van der Waals surface area contributed by atoms with Crippen LogP contribution in [0.25, 0.3) is 0 Å². The van der Waals surface area contributed by atoms with Gasteiger partial charge in [-0.25, -0.2) is 9.78 Å². The number of hydrogen-bond donors (Lipinski definition) is 3. The number of carboxylic acid groups (broad SMARTS) is 1. The summed E-state index contributed by atoms with van der Waals surface area (Å²) in [4.78, 5) is 28.4. The second-order valence-corrected chi connectivity index (χ2v) is 5.53. The zero-order valence-corrected chi connectivity index (χ0v) is 13.0. The van der Waals surface area contributed by atoms with Crippen LogP contribution < -0.4 is 15.0 Å². The summed E-state index contributed by atoms with van der Waals surface area (Å²) in [6.07, 6.45) is 0.145. The Balaban J connectivity index is 2.42. The van der Waals surface area contributed by atoms with Crippen LogP contribution >= 0.6 is 0 Å². The van der Waals surface area contributed by atoms with Gasteiger partial charge in [-0.15, -0.1) is 0 Å². The van der Waals surface area contributed by atoms with Gasteiger partial charge in [0.1, 0.15) is 18.2 Å². The van der Waals surface area contributed by atoms with Gasteiger partial charge in [0, 0.05) is 13.2 Å². The number of ether oxygens (including phenoxy) is 1. The number of aromatic nitrogens is 1. The monoisotopic (exact) mass is 319 g/mol. The first-order valence-electron chi connectivity index (χ1n) is 6.83. The summed E-state index contributed by atoms with van der Waals surface area (Å²) in [6, 6.07) is 0.558. The maximum absolute atomic E-state index is 12.3. The van der Waals surface area contributed by atoms with Crippen LogP contribution in [-0.2, 0) is 4.79 Å². The zero-order valence-electron chi connectivity index (χ0n) is 13.0. The lowest BCUT2D eigenvalue weighted by atomic mass is 10.1. The van der Waals surface area contributed by atoms with Gasteiger partial charge in [0.05, 0.1) is 5.56 Å². The standard InChI is InChI=1S/C15H17N3O5/c1-15(2,22)6-4-9-5-7-16-12-11(9)23-8-10(17-14(20)21)13(19)18(12)3/h5,7,10,17,22H,8H2,1-3H3,(H,20,21). The molecule has 0 saturated carbocycles. The summed E-state index contributed by atoms with van der Waals surface area (Å²) in [5.74, 6) is 5.49. The van der Waals surface area contributed by atoms with E-state index in [1.807, 2.05) is 0 Å². The van der Waals surface area contributed by atoms with Crippen LogP contribution in [0.5, 0.6) is 5.75 Å². The average Bonchev–Trinajstić information content (AvgIpc) is 2.57. The fraction of sp³-hybridized carbons (Fsp3) is 0.400. The Morgan fingerprint density at radius 3 is 2.87 bits per heavy atom. The Bertz CT molecular complexity index is 699. The number of rotatable bonds is 1. The highest BCUT2D eigenvalue weighted by molar-refractivity contribution is 5.99. The molecule has 1 atom stereocenters. The molecule has 1 unspecified atom stereocenters. The summed E-state index contributed by atoms with van der Waals surface area (Å²) < 4.78 is 5.56. The minimum absolute atomic E-state index is 0.175. The number of pyridine rings is 1. The van der Waals surface area contributed by atoms with E-state index in [1.54, 1.807) is 19.9 Å².